The number of hydrogen-bond acceptors (Lipinski definition) is 1. The molecule has 1 fully saturated rings. The van der Waals surface area contributed by atoms with Gasteiger partial charge in [0, 0.05) is 4.20 Å². The Kier molecular flexibility index (Phi) is 1.15. The Balaban J connectivity index is 2.31. The summed E-state index contributed by atoms with van der Waals surface area (Å²) in [6, 6.07) is 0. The molecule has 0 aromatic heterocycles. The molecular formula is C4H6S2. The van der Waals surface area contributed by atoms with Crippen LogP contribution in [0.2, 0.25) is 0 Å². The number of thiocarbonyl (C=S) groups is 1. The molecule has 0 spiro atoms. The quantitative estimate of drug-likeness (QED) is 0.403. The molecular weight excluding hydrogens is 112 g/mol. The average Bonchev–Trinajstić information content (AvgIpc) is 2.06. The van der Waals surface area contributed by atoms with Gasteiger partial charge >= 0.3 is 0 Å². The third-order valence-corrected chi connectivity index (χ3v) is 1.63. The van der Waals surface area contributed by atoms with Gasteiger partial charge in [0.25, 0.3) is 0 Å². The molecule has 0 saturated heterocycles. The van der Waals surface area contributed by atoms with Gasteiger partial charge in [-0.05, 0) is 18.8 Å². The minimum absolute atomic E-state index is 0.698. The second-order valence-electron chi connectivity index (χ2n) is 1.61. The lowest BCUT2D eigenvalue weighted by atomic mass is 10.5. The molecule has 0 aromatic rings. The van der Waals surface area contributed by atoms with E-state index in [1.54, 1.807) is 0 Å². The summed E-state index contributed by atoms with van der Waals surface area (Å²) < 4.78 is 0.898. The van der Waals surface area contributed by atoms with E-state index in [4.69, 9.17) is 12.2 Å². The minimum atomic E-state index is 0.698. The molecule has 0 amide bonds. The summed E-state index contributed by atoms with van der Waals surface area (Å²) >= 11 is 8.73. The standard InChI is InChI=1S/C4H6S2/c5-4(6)3-1-2-3/h3H,1-2H2,(H,5,6). The van der Waals surface area contributed by atoms with Gasteiger partial charge in [-0.3, -0.25) is 0 Å². The van der Waals surface area contributed by atoms with Crippen LogP contribution >= 0.6 is 24.8 Å². The molecule has 0 radical (unpaired) electrons. The molecule has 34 valence electrons. The van der Waals surface area contributed by atoms with E-state index in [1.807, 2.05) is 0 Å². The largest absolute Gasteiger partial charge is 0.136 e. The smallest absolute Gasteiger partial charge is 0.0479 e. The maximum atomic E-state index is 4.75. The van der Waals surface area contributed by atoms with Crippen molar-refractivity contribution < 1.29 is 0 Å². The molecule has 0 atom stereocenters. The first-order chi connectivity index (χ1) is 2.80. The lowest BCUT2D eigenvalue weighted by Gasteiger charge is -1.79. The normalized spacial score (nSPS) is 20.8. The summed E-state index contributed by atoms with van der Waals surface area (Å²) in [5.41, 5.74) is 0. The van der Waals surface area contributed by atoms with E-state index in [1.165, 1.54) is 12.8 Å². The third-order valence-electron chi connectivity index (χ3n) is 0.927. The van der Waals surface area contributed by atoms with Gasteiger partial charge in [0.2, 0.25) is 0 Å². The van der Waals surface area contributed by atoms with E-state index in [0.717, 1.165) is 4.20 Å². The molecule has 0 heterocycles. The van der Waals surface area contributed by atoms with E-state index >= 15 is 0 Å². The van der Waals surface area contributed by atoms with Gasteiger partial charge in [-0.1, -0.05) is 12.2 Å². The van der Waals surface area contributed by atoms with Crippen LogP contribution in [0.3, 0.4) is 0 Å². The number of rotatable bonds is 1. The van der Waals surface area contributed by atoms with Crippen LogP contribution in [0.15, 0.2) is 0 Å². The van der Waals surface area contributed by atoms with Crippen molar-refractivity contribution in [2.75, 3.05) is 0 Å². The van der Waals surface area contributed by atoms with Gasteiger partial charge in [-0.15, -0.1) is 12.6 Å². The molecule has 1 aliphatic carbocycles. The van der Waals surface area contributed by atoms with Crippen LogP contribution in [0.25, 0.3) is 0 Å². The highest BCUT2D eigenvalue weighted by Gasteiger charge is 2.23. The lowest BCUT2D eigenvalue weighted by molar-refractivity contribution is 1.26. The van der Waals surface area contributed by atoms with Gasteiger partial charge in [0.1, 0.15) is 0 Å². The first kappa shape index (κ1) is 4.60. The summed E-state index contributed by atoms with van der Waals surface area (Å²) in [7, 11) is 0. The molecule has 2 heteroatoms. The SMILES string of the molecule is S=C(S)C1CC1. The third kappa shape index (κ3) is 0.949. The molecule has 0 unspecified atom stereocenters. The van der Waals surface area contributed by atoms with Crippen LogP contribution < -0.4 is 0 Å². The van der Waals surface area contributed by atoms with Crippen molar-refractivity contribution in [1.29, 1.82) is 0 Å². The fourth-order valence-electron chi connectivity index (χ4n) is 0.330. The van der Waals surface area contributed by atoms with Gasteiger partial charge < -0.3 is 0 Å². The highest BCUT2D eigenvalue weighted by atomic mass is 32.1. The van der Waals surface area contributed by atoms with Gasteiger partial charge in [0.05, 0.1) is 0 Å². The molecule has 0 bridgehead atoms. The van der Waals surface area contributed by atoms with Crippen LogP contribution in [0.1, 0.15) is 12.8 Å². The zero-order valence-electron chi connectivity index (χ0n) is 3.35. The second-order valence-corrected chi connectivity index (χ2v) is 2.84. The Morgan fingerprint density at radius 3 is 2.17 bits per heavy atom. The van der Waals surface area contributed by atoms with Gasteiger partial charge in [-0.25, -0.2) is 0 Å². The summed E-state index contributed by atoms with van der Waals surface area (Å²) in [6.45, 7) is 0. The molecule has 0 aliphatic heterocycles. The van der Waals surface area contributed by atoms with E-state index in [0.29, 0.717) is 5.92 Å². The van der Waals surface area contributed by atoms with Crippen molar-refractivity contribution in [3.05, 3.63) is 0 Å². The Hall–Kier alpha value is 0.440. The number of hydrogen-bond donors (Lipinski definition) is 1. The Morgan fingerprint density at radius 1 is 1.67 bits per heavy atom. The molecule has 0 N–H and O–H groups in total. The minimum Gasteiger partial charge on any atom is -0.136 e. The molecule has 0 nitrogen and oxygen atoms in total. The fourth-order valence-corrected chi connectivity index (χ4v) is 0.824. The second kappa shape index (κ2) is 1.51. The zero-order valence-corrected chi connectivity index (χ0v) is 5.06. The van der Waals surface area contributed by atoms with Gasteiger partial charge in [0.15, 0.2) is 0 Å². The van der Waals surface area contributed by atoms with Gasteiger partial charge in [-0.2, -0.15) is 0 Å². The summed E-state index contributed by atoms with van der Waals surface area (Å²) in [5, 5.41) is 0. The van der Waals surface area contributed by atoms with Crippen LogP contribution in [0.4, 0.5) is 0 Å². The average molecular weight is 118 g/mol. The van der Waals surface area contributed by atoms with E-state index < -0.39 is 0 Å². The monoisotopic (exact) mass is 118 g/mol. The molecule has 0 aromatic carbocycles. The van der Waals surface area contributed by atoms with Crippen molar-refractivity contribution in [3.63, 3.8) is 0 Å². The summed E-state index contributed by atoms with van der Waals surface area (Å²) in [5.74, 6) is 0.698. The van der Waals surface area contributed by atoms with Crippen molar-refractivity contribution in [3.8, 4) is 0 Å². The highest BCUT2D eigenvalue weighted by molar-refractivity contribution is 8.11. The maximum Gasteiger partial charge on any atom is 0.0479 e. The Morgan fingerprint density at radius 2 is 2.17 bits per heavy atom. The topological polar surface area (TPSA) is 0 Å². The first-order valence-corrected chi connectivity index (χ1v) is 2.89. The van der Waals surface area contributed by atoms with Crippen LogP contribution in [0, 0.1) is 5.92 Å². The molecule has 1 saturated carbocycles. The molecule has 6 heavy (non-hydrogen) atoms. The van der Waals surface area contributed by atoms with Crippen LogP contribution in [0.5, 0.6) is 0 Å². The van der Waals surface area contributed by atoms with E-state index in [2.05, 4.69) is 12.6 Å². The van der Waals surface area contributed by atoms with Crippen LogP contribution in [-0.4, -0.2) is 4.20 Å². The lowest BCUT2D eigenvalue weighted by Crippen LogP contribution is -1.79. The van der Waals surface area contributed by atoms with Crippen molar-refractivity contribution in [2.24, 2.45) is 5.92 Å². The highest BCUT2D eigenvalue weighted by Crippen LogP contribution is 2.31. The summed E-state index contributed by atoms with van der Waals surface area (Å²) in [6.07, 6.45) is 2.56. The zero-order chi connectivity index (χ0) is 4.57. The Bertz CT molecular complexity index is 73.6. The Labute approximate surface area is 48.3 Å². The van der Waals surface area contributed by atoms with Crippen molar-refractivity contribution in [1.82, 2.24) is 0 Å². The number of thiol groups is 1. The molecule has 1 aliphatic rings. The molecule has 1 rings (SSSR count). The van der Waals surface area contributed by atoms with Crippen molar-refractivity contribution >= 4 is 29.0 Å². The van der Waals surface area contributed by atoms with E-state index in [9.17, 15) is 0 Å². The fraction of sp³-hybridized carbons (Fsp3) is 0.750. The van der Waals surface area contributed by atoms with Crippen molar-refractivity contribution in [2.45, 2.75) is 12.8 Å². The summed E-state index contributed by atoms with van der Waals surface area (Å²) in [4.78, 5) is 0. The first-order valence-electron chi connectivity index (χ1n) is 2.03. The predicted octanol–water partition coefficient (Wildman–Crippen LogP) is 1.65. The predicted molar refractivity (Wildman–Crippen MR) is 34.3 cm³/mol. The van der Waals surface area contributed by atoms with E-state index in [-0.39, 0.29) is 0 Å². The maximum absolute atomic E-state index is 4.75. The van der Waals surface area contributed by atoms with Crippen LogP contribution in [-0.2, 0) is 0 Å².